The van der Waals surface area contributed by atoms with Gasteiger partial charge in [0.2, 0.25) is 5.88 Å². The Labute approximate surface area is 240 Å². The molecule has 0 unspecified atom stereocenters. The molecule has 18 heteroatoms. The number of hydrogen-bond donors (Lipinski definition) is 1. The molecule has 12 nitrogen and oxygen atoms in total. The Morgan fingerprint density at radius 3 is 2.47 bits per heavy atom. The van der Waals surface area contributed by atoms with Crippen molar-refractivity contribution >= 4 is 38.5 Å². The van der Waals surface area contributed by atoms with Gasteiger partial charge in [-0.05, 0) is 30.3 Å². The van der Waals surface area contributed by atoms with Crippen LogP contribution in [0.25, 0.3) is 22.3 Å². The van der Waals surface area contributed by atoms with Gasteiger partial charge in [-0.2, -0.15) is 21.6 Å². The molecule has 1 fully saturated rings. The van der Waals surface area contributed by atoms with Gasteiger partial charge in [-0.1, -0.05) is 4.47 Å². The predicted molar refractivity (Wildman–Crippen MR) is 140 cm³/mol. The third kappa shape index (κ3) is 5.96. The lowest BCUT2D eigenvalue weighted by atomic mass is 10.1. The minimum Gasteiger partial charge on any atom is -0.479 e. The fraction of sp³-hybridized carbons (Fsp3) is 0.240. The van der Waals surface area contributed by atoms with Crippen LogP contribution in [0.15, 0.2) is 53.8 Å². The summed E-state index contributed by atoms with van der Waals surface area (Å²) in [6, 6.07) is 5.27. The standard InChI is InChI=1S/C25H20F5N7O5S/c1-41-23-19(37(42-24(38)25(28,29)30)43(39,40)20-5-2-15(26)11-16(20)27)10-14(12-32-23)17-3-4-18-21(35-17)22(34-13-33-18)36-8-6-31-7-9-36/h2-5,10-13,31H,6-9H2,1H3. The van der Waals surface area contributed by atoms with Crippen LogP contribution >= 0.6 is 0 Å². The number of ether oxygens (including phenoxy) is 1. The van der Waals surface area contributed by atoms with Crippen LogP contribution in [0.4, 0.5) is 33.5 Å². The molecule has 0 amide bonds. The lowest BCUT2D eigenvalue weighted by molar-refractivity contribution is -0.199. The number of halogens is 5. The van der Waals surface area contributed by atoms with Crippen LogP contribution in [0.2, 0.25) is 0 Å². The lowest BCUT2D eigenvalue weighted by Gasteiger charge is -2.28. The summed E-state index contributed by atoms with van der Waals surface area (Å²) < 4.78 is 99.2. The third-order valence-corrected chi connectivity index (χ3v) is 7.78. The van der Waals surface area contributed by atoms with Crippen molar-refractivity contribution in [2.75, 3.05) is 42.7 Å². The number of anilines is 2. The van der Waals surface area contributed by atoms with Crippen molar-refractivity contribution in [2.45, 2.75) is 11.1 Å². The van der Waals surface area contributed by atoms with Gasteiger partial charge in [0.25, 0.3) is 10.0 Å². The van der Waals surface area contributed by atoms with Crippen LogP contribution < -0.4 is 19.4 Å². The van der Waals surface area contributed by atoms with Gasteiger partial charge in [-0.15, -0.1) is 0 Å². The number of nitrogens with zero attached hydrogens (tertiary/aromatic N) is 6. The molecule has 5 rings (SSSR count). The minimum absolute atomic E-state index is 0.0376. The molecule has 226 valence electrons. The molecule has 1 aliphatic rings. The molecule has 1 aromatic carbocycles. The topological polar surface area (TPSA) is 140 Å². The number of methoxy groups -OCH3 is 1. The number of fused-ring (bicyclic) bond motifs is 1. The van der Waals surface area contributed by atoms with Crippen LogP contribution in [0.1, 0.15) is 0 Å². The van der Waals surface area contributed by atoms with E-state index in [1.165, 1.54) is 18.6 Å². The molecule has 3 aromatic heterocycles. The maximum Gasteiger partial charge on any atom is 0.493 e. The molecule has 0 spiro atoms. The van der Waals surface area contributed by atoms with Gasteiger partial charge in [0, 0.05) is 44.0 Å². The Morgan fingerprint density at radius 2 is 1.79 bits per heavy atom. The van der Waals surface area contributed by atoms with E-state index < -0.39 is 54.7 Å². The SMILES string of the molecule is COc1ncc(-c2ccc3ncnc(N4CCNCC4)c3n2)cc1N(OC(=O)C(F)(F)F)S(=O)(=O)c1ccc(F)cc1F. The summed E-state index contributed by atoms with van der Waals surface area (Å²) >= 11 is 0. The van der Waals surface area contributed by atoms with Crippen LogP contribution in [-0.2, 0) is 19.7 Å². The first-order valence-electron chi connectivity index (χ1n) is 12.3. The molecule has 0 saturated carbocycles. The number of alkyl halides is 3. The van der Waals surface area contributed by atoms with Crippen LogP contribution in [0, 0.1) is 11.6 Å². The summed E-state index contributed by atoms with van der Waals surface area (Å²) in [5.74, 6) is -5.87. The summed E-state index contributed by atoms with van der Waals surface area (Å²) in [4.78, 5) is 33.9. The highest BCUT2D eigenvalue weighted by Gasteiger charge is 2.46. The van der Waals surface area contributed by atoms with E-state index in [9.17, 15) is 35.2 Å². The van der Waals surface area contributed by atoms with Crippen LogP contribution in [0.5, 0.6) is 5.88 Å². The Bertz CT molecular complexity index is 1800. The first-order chi connectivity index (χ1) is 20.4. The van der Waals surface area contributed by atoms with E-state index in [1.54, 1.807) is 6.07 Å². The van der Waals surface area contributed by atoms with Gasteiger partial charge >= 0.3 is 12.1 Å². The van der Waals surface area contributed by atoms with E-state index in [0.29, 0.717) is 55.2 Å². The molecule has 0 radical (unpaired) electrons. The minimum atomic E-state index is -5.66. The van der Waals surface area contributed by atoms with E-state index >= 15 is 0 Å². The summed E-state index contributed by atoms with van der Waals surface area (Å²) in [6.45, 7) is 2.66. The summed E-state index contributed by atoms with van der Waals surface area (Å²) in [7, 11) is -4.45. The number of nitrogens with one attached hydrogen (secondary N) is 1. The normalized spacial score (nSPS) is 14.0. The summed E-state index contributed by atoms with van der Waals surface area (Å²) in [5.41, 5.74) is 0.206. The quantitative estimate of drug-likeness (QED) is 0.240. The Kier molecular flexibility index (Phi) is 7.98. The van der Waals surface area contributed by atoms with Gasteiger partial charge in [0.15, 0.2) is 11.5 Å². The molecule has 1 N–H and O–H groups in total. The second-order valence-corrected chi connectivity index (χ2v) is 10.7. The molecule has 0 aliphatic carbocycles. The van der Waals surface area contributed by atoms with Crippen molar-refractivity contribution in [1.82, 2.24) is 25.3 Å². The molecule has 0 atom stereocenters. The average Bonchev–Trinajstić information content (AvgIpc) is 2.98. The van der Waals surface area contributed by atoms with Crippen LogP contribution in [-0.4, -0.2) is 73.8 Å². The Balaban J connectivity index is 1.66. The van der Waals surface area contributed by atoms with Gasteiger partial charge < -0.3 is 19.8 Å². The molecule has 43 heavy (non-hydrogen) atoms. The fourth-order valence-corrected chi connectivity index (χ4v) is 5.47. The first kappa shape index (κ1) is 29.8. The van der Waals surface area contributed by atoms with Gasteiger partial charge in [0.05, 0.1) is 18.3 Å². The molecular formula is C25H20F5N7O5S. The second kappa shape index (κ2) is 11.5. The number of carbonyl (C=O) groups excluding carboxylic acids is 1. The van der Waals surface area contributed by atoms with E-state index in [-0.39, 0.29) is 17.3 Å². The van der Waals surface area contributed by atoms with Crippen molar-refractivity contribution in [1.29, 1.82) is 0 Å². The van der Waals surface area contributed by atoms with E-state index in [0.717, 1.165) is 13.2 Å². The number of sulfonamides is 1. The van der Waals surface area contributed by atoms with Gasteiger partial charge in [-0.3, -0.25) is 0 Å². The number of piperazine rings is 1. The molecule has 1 saturated heterocycles. The fourth-order valence-electron chi connectivity index (χ4n) is 4.19. The van der Waals surface area contributed by atoms with Gasteiger partial charge in [-0.25, -0.2) is 33.5 Å². The second-order valence-electron chi connectivity index (χ2n) is 8.93. The monoisotopic (exact) mass is 625 g/mol. The van der Waals surface area contributed by atoms with Crippen molar-refractivity contribution < 1.29 is 44.7 Å². The third-order valence-electron chi connectivity index (χ3n) is 6.18. The highest BCUT2D eigenvalue weighted by atomic mass is 32.2. The molecule has 0 bridgehead atoms. The smallest absolute Gasteiger partial charge is 0.479 e. The number of benzene rings is 1. The lowest BCUT2D eigenvalue weighted by Crippen LogP contribution is -2.44. The molecule has 1 aliphatic heterocycles. The van der Waals surface area contributed by atoms with Crippen molar-refractivity contribution in [3.05, 3.63) is 60.6 Å². The predicted octanol–water partition coefficient (Wildman–Crippen LogP) is 3.00. The molecular weight excluding hydrogens is 605 g/mol. The zero-order valence-corrected chi connectivity index (χ0v) is 22.8. The summed E-state index contributed by atoms with van der Waals surface area (Å²) in [6.07, 6.45) is -3.10. The molecule has 4 heterocycles. The highest BCUT2D eigenvalue weighted by molar-refractivity contribution is 7.92. The highest BCUT2D eigenvalue weighted by Crippen LogP contribution is 2.37. The Hall–Kier alpha value is -4.71. The van der Waals surface area contributed by atoms with Crippen LogP contribution in [0.3, 0.4) is 0 Å². The van der Waals surface area contributed by atoms with Crippen molar-refractivity contribution in [3.8, 4) is 17.1 Å². The maximum atomic E-state index is 14.6. The van der Waals surface area contributed by atoms with Crippen molar-refractivity contribution in [3.63, 3.8) is 0 Å². The number of rotatable bonds is 7. The maximum absolute atomic E-state index is 14.6. The Morgan fingerprint density at radius 1 is 1.05 bits per heavy atom. The van der Waals surface area contributed by atoms with E-state index in [1.807, 2.05) is 4.90 Å². The summed E-state index contributed by atoms with van der Waals surface area (Å²) in [5, 5.41) is 3.22. The number of pyridine rings is 2. The van der Waals surface area contributed by atoms with E-state index in [2.05, 4.69) is 30.1 Å². The number of aromatic nitrogens is 4. The van der Waals surface area contributed by atoms with E-state index in [4.69, 9.17) is 4.74 Å². The number of carbonyl (C=O) groups is 1. The average molecular weight is 626 g/mol. The largest absolute Gasteiger partial charge is 0.493 e. The zero-order valence-electron chi connectivity index (χ0n) is 22.0. The molecule has 4 aromatic rings. The zero-order chi connectivity index (χ0) is 30.9. The van der Waals surface area contributed by atoms with Crippen molar-refractivity contribution in [2.24, 2.45) is 0 Å². The number of hydrogen-bond acceptors (Lipinski definition) is 11. The van der Waals surface area contributed by atoms with Gasteiger partial charge in [0.1, 0.15) is 28.4 Å². The first-order valence-corrected chi connectivity index (χ1v) is 13.8.